The number of halogens is 1. The second-order valence-corrected chi connectivity index (χ2v) is 4.82. The molecule has 0 unspecified atom stereocenters. The van der Waals surface area contributed by atoms with Gasteiger partial charge in [-0.05, 0) is 68.2 Å². The molecule has 1 aliphatic rings. The van der Waals surface area contributed by atoms with Crippen molar-refractivity contribution in [3.63, 3.8) is 0 Å². The highest BCUT2D eigenvalue weighted by Gasteiger charge is 2.18. The van der Waals surface area contributed by atoms with E-state index in [-0.39, 0.29) is 5.24 Å². The van der Waals surface area contributed by atoms with Crippen LogP contribution in [0.3, 0.4) is 0 Å². The summed E-state index contributed by atoms with van der Waals surface area (Å²) < 4.78 is 0. The molecule has 0 atom stereocenters. The second kappa shape index (κ2) is 4.98. The van der Waals surface area contributed by atoms with E-state index in [1.807, 2.05) is 24.3 Å². The van der Waals surface area contributed by atoms with Gasteiger partial charge in [0.1, 0.15) is 0 Å². The van der Waals surface area contributed by atoms with E-state index in [0.717, 1.165) is 13.1 Å². The number of hydrogen-bond acceptors (Lipinski definition) is 2. The minimum Gasteiger partial charge on any atom is -0.306 e. The van der Waals surface area contributed by atoms with E-state index in [0.29, 0.717) is 11.5 Å². The Morgan fingerprint density at radius 3 is 2.31 bits per heavy atom. The van der Waals surface area contributed by atoms with E-state index in [4.69, 9.17) is 11.6 Å². The zero-order chi connectivity index (χ0) is 11.5. The average molecular weight is 238 g/mol. The SMILES string of the molecule is CN1CCC(c2ccc(C(=O)Cl)cc2)CC1. The lowest BCUT2D eigenvalue weighted by Gasteiger charge is -2.29. The Kier molecular flexibility index (Phi) is 3.62. The molecule has 3 heteroatoms. The van der Waals surface area contributed by atoms with Gasteiger partial charge in [0, 0.05) is 5.56 Å². The molecule has 1 fully saturated rings. The predicted molar refractivity (Wildman–Crippen MR) is 66.1 cm³/mol. The van der Waals surface area contributed by atoms with Crippen LogP contribution in [0.4, 0.5) is 0 Å². The Bertz CT molecular complexity index is 366. The lowest BCUT2D eigenvalue weighted by atomic mass is 9.89. The van der Waals surface area contributed by atoms with Gasteiger partial charge in [0.2, 0.25) is 0 Å². The monoisotopic (exact) mass is 237 g/mol. The maximum atomic E-state index is 10.9. The predicted octanol–water partition coefficient (Wildman–Crippen LogP) is 2.87. The number of nitrogens with zero attached hydrogens (tertiary/aromatic N) is 1. The Hall–Kier alpha value is -0.860. The standard InChI is InChI=1S/C13H16ClNO/c1-15-8-6-11(7-9-15)10-2-4-12(5-3-10)13(14)16/h2-5,11H,6-9H2,1H3. The molecule has 1 heterocycles. The number of rotatable bonds is 2. The summed E-state index contributed by atoms with van der Waals surface area (Å²) in [6.07, 6.45) is 2.40. The van der Waals surface area contributed by atoms with Crippen LogP contribution in [0.1, 0.15) is 34.7 Å². The van der Waals surface area contributed by atoms with E-state index < -0.39 is 0 Å². The molecule has 1 saturated heterocycles. The number of carbonyl (C=O) groups is 1. The van der Waals surface area contributed by atoms with Crippen LogP contribution in [0.5, 0.6) is 0 Å². The normalized spacial score (nSPS) is 18.6. The van der Waals surface area contributed by atoms with Crippen molar-refractivity contribution in [2.24, 2.45) is 0 Å². The molecule has 0 aliphatic carbocycles. The van der Waals surface area contributed by atoms with Crippen molar-refractivity contribution in [2.45, 2.75) is 18.8 Å². The first-order valence-corrected chi connectivity index (χ1v) is 6.03. The molecule has 86 valence electrons. The fourth-order valence-corrected chi connectivity index (χ4v) is 2.35. The lowest BCUT2D eigenvalue weighted by Crippen LogP contribution is -2.29. The van der Waals surface area contributed by atoms with Crippen LogP contribution in [-0.4, -0.2) is 30.3 Å². The van der Waals surface area contributed by atoms with Gasteiger partial charge in [-0.25, -0.2) is 0 Å². The number of carbonyl (C=O) groups excluding carboxylic acids is 1. The van der Waals surface area contributed by atoms with Crippen molar-refractivity contribution in [2.75, 3.05) is 20.1 Å². The van der Waals surface area contributed by atoms with Gasteiger partial charge in [0.05, 0.1) is 0 Å². The molecule has 1 aromatic carbocycles. The summed E-state index contributed by atoms with van der Waals surface area (Å²) in [7, 11) is 2.16. The fourth-order valence-electron chi connectivity index (χ4n) is 2.23. The van der Waals surface area contributed by atoms with Crippen LogP contribution in [0, 0.1) is 0 Å². The van der Waals surface area contributed by atoms with E-state index >= 15 is 0 Å². The molecule has 0 bridgehead atoms. The van der Waals surface area contributed by atoms with Crippen molar-refractivity contribution >= 4 is 16.8 Å². The van der Waals surface area contributed by atoms with Crippen LogP contribution in [0.25, 0.3) is 0 Å². The maximum absolute atomic E-state index is 10.9. The minimum absolute atomic E-state index is 0.380. The van der Waals surface area contributed by atoms with E-state index in [1.165, 1.54) is 18.4 Å². The van der Waals surface area contributed by atoms with Crippen molar-refractivity contribution in [1.29, 1.82) is 0 Å². The van der Waals surface area contributed by atoms with Gasteiger partial charge in [-0.3, -0.25) is 4.79 Å². The first kappa shape index (κ1) is 11.6. The second-order valence-electron chi connectivity index (χ2n) is 4.47. The van der Waals surface area contributed by atoms with Gasteiger partial charge in [-0.1, -0.05) is 12.1 Å². The van der Waals surface area contributed by atoms with Crippen molar-refractivity contribution in [3.05, 3.63) is 35.4 Å². The molecular formula is C13H16ClNO. The Balaban J connectivity index is 2.07. The minimum atomic E-state index is -0.380. The summed E-state index contributed by atoms with van der Waals surface area (Å²) in [6.45, 7) is 2.31. The van der Waals surface area contributed by atoms with E-state index in [1.54, 1.807) is 0 Å². The largest absolute Gasteiger partial charge is 0.306 e. The first-order chi connectivity index (χ1) is 7.66. The van der Waals surface area contributed by atoms with Gasteiger partial charge in [0.15, 0.2) is 0 Å². The number of benzene rings is 1. The average Bonchev–Trinajstić information content (AvgIpc) is 2.30. The molecule has 0 aromatic heterocycles. The lowest BCUT2D eigenvalue weighted by molar-refractivity contribution is 0.108. The van der Waals surface area contributed by atoms with Crippen LogP contribution >= 0.6 is 11.6 Å². The van der Waals surface area contributed by atoms with Gasteiger partial charge < -0.3 is 4.90 Å². The van der Waals surface area contributed by atoms with Gasteiger partial charge >= 0.3 is 0 Å². The molecule has 1 aromatic rings. The molecule has 2 rings (SSSR count). The highest BCUT2D eigenvalue weighted by Crippen LogP contribution is 2.27. The topological polar surface area (TPSA) is 20.3 Å². The van der Waals surface area contributed by atoms with Crippen LogP contribution < -0.4 is 0 Å². The summed E-state index contributed by atoms with van der Waals surface area (Å²) >= 11 is 5.41. The van der Waals surface area contributed by atoms with Gasteiger partial charge in [0.25, 0.3) is 5.24 Å². The summed E-state index contributed by atoms with van der Waals surface area (Å²) in [5, 5.41) is -0.380. The third-order valence-corrected chi connectivity index (χ3v) is 3.55. The molecule has 16 heavy (non-hydrogen) atoms. The summed E-state index contributed by atoms with van der Waals surface area (Å²) in [5.41, 5.74) is 1.91. The number of piperidine rings is 1. The van der Waals surface area contributed by atoms with Crippen molar-refractivity contribution < 1.29 is 4.79 Å². The fraction of sp³-hybridized carbons (Fsp3) is 0.462. The van der Waals surface area contributed by atoms with Crippen molar-refractivity contribution in [3.8, 4) is 0 Å². The molecule has 0 radical (unpaired) electrons. The molecule has 0 spiro atoms. The molecular weight excluding hydrogens is 222 g/mol. The maximum Gasteiger partial charge on any atom is 0.252 e. The van der Waals surface area contributed by atoms with Crippen LogP contribution in [-0.2, 0) is 0 Å². The summed E-state index contributed by atoms with van der Waals surface area (Å²) in [5.74, 6) is 0.635. The Morgan fingerprint density at radius 1 is 1.25 bits per heavy atom. The molecule has 2 nitrogen and oxygen atoms in total. The summed E-state index contributed by atoms with van der Waals surface area (Å²) in [6, 6.07) is 7.71. The molecule has 0 saturated carbocycles. The van der Waals surface area contributed by atoms with Crippen LogP contribution in [0.15, 0.2) is 24.3 Å². The van der Waals surface area contributed by atoms with E-state index in [9.17, 15) is 4.79 Å². The number of hydrogen-bond donors (Lipinski definition) is 0. The number of likely N-dealkylation sites (tertiary alicyclic amines) is 1. The molecule has 0 N–H and O–H groups in total. The van der Waals surface area contributed by atoms with Crippen molar-refractivity contribution in [1.82, 2.24) is 4.90 Å². The Labute approximate surface area is 101 Å². The third-order valence-electron chi connectivity index (χ3n) is 3.33. The smallest absolute Gasteiger partial charge is 0.252 e. The van der Waals surface area contributed by atoms with Gasteiger partial charge in [-0.15, -0.1) is 0 Å². The zero-order valence-electron chi connectivity index (χ0n) is 9.45. The molecule has 0 amide bonds. The van der Waals surface area contributed by atoms with E-state index in [2.05, 4.69) is 11.9 Å². The molecule has 1 aliphatic heterocycles. The third kappa shape index (κ3) is 2.63. The Morgan fingerprint density at radius 2 is 1.81 bits per heavy atom. The van der Waals surface area contributed by atoms with Gasteiger partial charge in [-0.2, -0.15) is 0 Å². The van der Waals surface area contributed by atoms with Crippen LogP contribution in [0.2, 0.25) is 0 Å². The summed E-state index contributed by atoms with van der Waals surface area (Å²) in [4.78, 5) is 13.3. The first-order valence-electron chi connectivity index (χ1n) is 5.65. The quantitative estimate of drug-likeness (QED) is 0.738. The highest BCUT2D eigenvalue weighted by atomic mass is 35.5. The highest BCUT2D eigenvalue weighted by molar-refractivity contribution is 6.67. The zero-order valence-corrected chi connectivity index (χ0v) is 10.2.